The molecule has 4 amide bonds. The first-order chi connectivity index (χ1) is 13.0. The van der Waals surface area contributed by atoms with Crippen molar-refractivity contribution in [1.29, 1.82) is 0 Å². The van der Waals surface area contributed by atoms with Crippen molar-refractivity contribution in [3.8, 4) is 5.69 Å². The minimum Gasteiger partial charge on any atom is -0.286 e. The van der Waals surface area contributed by atoms with Gasteiger partial charge in [0, 0.05) is 12.1 Å². The van der Waals surface area contributed by atoms with E-state index in [4.69, 9.17) is 0 Å². The topological polar surface area (TPSA) is 135 Å². The first-order valence-electron chi connectivity index (χ1n) is 7.70. The van der Waals surface area contributed by atoms with E-state index in [1.165, 1.54) is 0 Å². The fourth-order valence-electron chi connectivity index (χ4n) is 2.14. The molecule has 2 heterocycles. The van der Waals surface area contributed by atoms with Gasteiger partial charge < -0.3 is 0 Å². The number of para-hydroxylation sites is 1. The summed E-state index contributed by atoms with van der Waals surface area (Å²) in [5, 5.41) is 9.17. The number of carbonyl (C=O) groups excluding carboxylic acids is 4. The highest BCUT2D eigenvalue weighted by atomic mass is 32.2. The van der Waals surface area contributed by atoms with E-state index in [0.29, 0.717) is 5.16 Å². The largest absolute Gasteiger partial charge is 0.286 e. The molecule has 0 aliphatic carbocycles. The summed E-state index contributed by atoms with van der Waals surface area (Å²) >= 11 is 1.90. The maximum absolute atomic E-state index is 11.9. The number of carbonyl (C=O) groups is 4. The molecular formula is C15H14N6O4S2. The molecule has 10 nitrogen and oxygen atoms in total. The molecule has 1 saturated heterocycles. The van der Waals surface area contributed by atoms with Crippen LogP contribution in [-0.2, 0) is 14.4 Å². The van der Waals surface area contributed by atoms with Crippen molar-refractivity contribution in [2.24, 2.45) is 0 Å². The summed E-state index contributed by atoms with van der Waals surface area (Å²) < 4.78 is 1.74. The number of rotatable bonds is 6. The van der Waals surface area contributed by atoms with Gasteiger partial charge in [0.05, 0.1) is 5.75 Å². The summed E-state index contributed by atoms with van der Waals surface area (Å²) in [5.41, 5.74) is 5.34. The normalized spacial score (nSPS) is 16.1. The average molecular weight is 406 g/mol. The molecular weight excluding hydrogens is 392 g/mol. The van der Waals surface area contributed by atoms with E-state index < -0.39 is 28.2 Å². The summed E-state index contributed by atoms with van der Waals surface area (Å²) in [7, 11) is 0. The van der Waals surface area contributed by atoms with E-state index in [2.05, 4.69) is 26.4 Å². The Morgan fingerprint density at radius 3 is 2.63 bits per heavy atom. The van der Waals surface area contributed by atoms with Gasteiger partial charge in [-0.2, -0.15) is 0 Å². The zero-order valence-electron chi connectivity index (χ0n) is 13.7. The SMILES string of the molecule is O=C(CSc1nncn1-c1ccccc1)NNC(=O)CC1SC(=O)NC1=O. The van der Waals surface area contributed by atoms with E-state index in [9.17, 15) is 19.2 Å². The van der Waals surface area contributed by atoms with Crippen LogP contribution < -0.4 is 16.2 Å². The van der Waals surface area contributed by atoms with Gasteiger partial charge in [-0.15, -0.1) is 10.2 Å². The average Bonchev–Trinajstić information content (AvgIpc) is 3.25. The van der Waals surface area contributed by atoms with Crippen LogP contribution in [0.25, 0.3) is 5.69 Å². The number of nitrogens with one attached hydrogen (secondary N) is 3. The minimum absolute atomic E-state index is 0.00293. The van der Waals surface area contributed by atoms with Crippen LogP contribution in [0.15, 0.2) is 41.8 Å². The molecule has 0 radical (unpaired) electrons. The van der Waals surface area contributed by atoms with Gasteiger partial charge in [0.15, 0.2) is 5.16 Å². The first kappa shape index (κ1) is 18.9. The third-order valence-corrected chi connectivity index (χ3v) is 5.29. The van der Waals surface area contributed by atoms with Crippen LogP contribution in [0.2, 0.25) is 0 Å². The van der Waals surface area contributed by atoms with Crippen LogP contribution in [0.3, 0.4) is 0 Å². The molecule has 27 heavy (non-hydrogen) atoms. The Labute approximate surface area is 161 Å². The zero-order valence-corrected chi connectivity index (χ0v) is 15.4. The van der Waals surface area contributed by atoms with Crippen LogP contribution in [0.1, 0.15) is 6.42 Å². The van der Waals surface area contributed by atoms with Crippen molar-refractivity contribution >= 4 is 46.5 Å². The maximum Gasteiger partial charge on any atom is 0.286 e. The Balaban J connectivity index is 1.44. The van der Waals surface area contributed by atoms with Gasteiger partial charge in [-0.3, -0.25) is 39.9 Å². The molecule has 12 heteroatoms. The number of benzene rings is 1. The standard InChI is InChI=1S/C15H14N6O4S2/c22-11(6-10-13(24)17-15(25)27-10)18-19-12(23)7-26-14-20-16-8-21(14)9-4-2-1-3-5-9/h1-5,8,10H,6-7H2,(H,18,22)(H,19,23)(H,17,24,25). The molecule has 2 aromatic rings. The van der Waals surface area contributed by atoms with Crippen LogP contribution in [-0.4, -0.2) is 48.7 Å². The summed E-state index contributed by atoms with van der Waals surface area (Å²) in [4.78, 5) is 46.1. The molecule has 1 unspecified atom stereocenters. The molecule has 140 valence electrons. The number of amides is 4. The van der Waals surface area contributed by atoms with Crippen LogP contribution in [0, 0.1) is 0 Å². The van der Waals surface area contributed by atoms with Gasteiger partial charge in [-0.1, -0.05) is 41.7 Å². The molecule has 0 spiro atoms. The number of hydrazine groups is 1. The van der Waals surface area contributed by atoms with Crippen molar-refractivity contribution in [2.75, 3.05) is 5.75 Å². The first-order valence-corrected chi connectivity index (χ1v) is 9.57. The second kappa shape index (κ2) is 8.68. The Kier molecular flexibility index (Phi) is 6.08. The molecule has 1 atom stereocenters. The minimum atomic E-state index is -0.784. The summed E-state index contributed by atoms with van der Waals surface area (Å²) in [6.45, 7) is 0. The van der Waals surface area contributed by atoms with Crippen molar-refractivity contribution in [2.45, 2.75) is 16.8 Å². The molecule has 1 aliphatic heterocycles. The number of nitrogens with zero attached hydrogens (tertiary/aromatic N) is 3. The highest BCUT2D eigenvalue weighted by Crippen LogP contribution is 2.21. The number of hydrogen-bond acceptors (Lipinski definition) is 8. The lowest BCUT2D eigenvalue weighted by Gasteiger charge is -2.09. The molecule has 1 aliphatic rings. The Morgan fingerprint density at radius 2 is 1.93 bits per heavy atom. The van der Waals surface area contributed by atoms with Crippen LogP contribution in [0.4, 0.5) is 4.79 Å². The second-order valence-electron chi connectivity index (χ2n) is 5.29. The van der Waals surface area contributed by atoms with Crippen molar-refractivity contribution in [3.63, 3.8) is 0 Å². The molecule has 1 fully saturated rings. The van der Waals surface area contributed by atoms with Crippen molar-refractivity contribution in [1.82, 2.24) is 30.9 Å². The van der Waals surface area contributed by atoms with Crippen molar-refractivity contribution < 1.29 is 19.2 Å². The predicted molar refractivity (Wildman–Crippen MR) is 97.9 cm³/mol. The number of imide groups is 1. The highest BCUT2D eigenvalue weighted by Gasteiger charge is 2.33. The van der Waals surface area contributed by atoms with E-state index in [0.717, 1.165) is 29.2 Å². The Morgan fingerprint density at radius 1 is 1.19 bits per heavy atom. The van der Waals surface area contributed by atoms with E-state index in [1.54, 1.807) is 10.9 Å². The van der Waals surface area contributed by atoms with Crippen LogP contribution in [0.5, 0.6) is 0 Å². The highest BCUT2D eigenvalue weighted by molar-refractivity contribution is 8.15. The van der Waals surface area contributed by atoms with Gasteiger partial charge in [-0.05, 0) is 12.1 Å². The van der Waals surface area contributed by atoms with Gasteiger partial charge in [-0.25, -0.2) is 0 Å². The third kappa shape index (κ3) is 5.08. The second-order valence-corrected chi connectivity index (χ2v) is 7.41. The van der Waals surface area contributed by atoms with Crippen molar-refractivity contribution in [3.05, 3.63) is 36.7 Å². The Bertz CT molecular complexity index is 872. The lowest BCUT2D eigenvalue weighted by atomic mass is 10.3. The molecule has 1 aromatic carbocycles. The smallest absolute Gasteiger partial charge is 0.286 e. The predicted octanol–water partition coefficient (Wildman–Crippen LogP) is 0.248. The molecule has 0 saturated carbocycles. The summed E-state index contributed by atoms with van der Waals surface area (Å²) in [6, 6.07) is 9.41. The van der Waals surface area contributed by atoms with Gasteiger partial charge in [0.25, 0.3) is 5.24 Å². The van der Waals surface area contributed by atoms with Gasteiger partial charge in [0.1, 0.15) is 11.6 Å². The van der Waals surface area contributed by atoms with Gasteiger partial charge in [0.2, 0.25) is 17.7 Å². The quantitative estimate of drug-likeness (QED) is 0.459. The fraction of sp³-hybridized carbons (Fsp3) is 0.200. The van der Waals surface area contributed by atoms with E-state index >= 15 is 0 Å². The Hall–Kier alpha value is -2.86. The molecule has 3 rings (SSSR count). The van der Waals surface area contributed by atoms with Crippen LogP contribution >= 0.6 is 23.5 Å². The maximum atomic E-state index is 11.9. The lowest BCUT2D eigenvalue weighted by molar-refractivity contribution is -0.128. The van der Waals surface area contributed by atoms with Gasteiger partial charge >= 0.3 is 0 Å². The van der Waals surface area contributed by atoms with E-state index in [1.807, 2.05) is 30.3 Å². The summed E-state index contributed by atoms with van der Waals surface area (Å²) in [6.07, 6.45) is 1.33. The number of thioether (sulfide) groups is 2. The zero-order chi connectivity index (χ0) is 19.2. The molecule has 1 aromatic heterocycles. The molecule has 3 N–H and O–H groups in total. The molecule has 0 bridgehead atoms. The third-order valence-electron chi connectivity index (χ3n) is 3.36. The summed E-state index contributed by atoms with van der Waals surface area (Å²) in [5.74, 6) is -1.52. The lowest BCUT2D eigenvalue weighted by Crippen LogP contribution is -2.44. The monoisotopic (exact) mass is 406 g/mol. The number of hydrogen-bond donors (Lipinski definition) is 3. The van der Waals surface area contributed by atoms with E-state index in [-0.39, 0.29) is 12.2 Å². The fourth-order valence-corrected chi connectivity index (χ4v) is 3.69. The number of aromatic nitrogens is 3.